The number of carbonyl (C=O) groups excluding carboxylic acids is 2. The van der Waals surface area contributed by atoms with Gasteiger partial charge < -0.3 is 9.84 Å². The number of hydrogen-bond acceptors (Lipinski definition) is 6. The molecule has 1 aromatic heterocycles. The predicted octanol–water partition coefficient (Wildman–Crippen LogP) is 4.24. The van der Waals surface area contributed by atoms with E-state index in [-0.39, 0.29) is 22.9 Å². The van der Waals surface area contributed by atoms with E-state index in [0.717, 1.165) is 11.8 Å². The van der Waals surface area contributed by atoms with Crippen LogP contribution in [0.5, 0.6) is 0 Å². The van der Waals surface area contributed by atoms with E-state index in [4.69, 9.17) is 4.52 Å². The van der Waals surface area contributed by atoms with Crippen LogP contribution >= 0.6 is 11.8 Å². The lowest BCUT2D eigenvalue weighted by atomic mass is 10.1. The fourth-order valence-electron chi connectivity index (χ4n) is 2.87. The molecular weight excluding hydrogens is 419 g/mol. The maximum atomic E-state index is 14.1. The number of para-hydroxylation sites is 1. The number of aromatic nitrogens is 1. The Morgan fingerprint density at radius 3 is 2.65 bits per heavy atom. The highest BCUT2D eigenvalue weighted by Crippen LogP contribution is 2.29. The van der Waals surface area contributed by atoms with Crippen LogP contribution in [0.2, 0.25) is 0 Å². The molecule has 1 aliphatic rings. The normalized spacial score (nSPS) is 14.8. The number of benzene rings is 2. The molecular formula is C22H17FN4O3S. The lowest BCUT2D eigenvalue weighted by molar-refractivity contribution is -0.114. The minimum absolute atomic E-state index is 0.00562. The Kier molecular flexibility index (Phi) is 5.94. The molecule has 0 bridgehead atoms. The van der Waals surface area contributed by atoms with Crippen molar-refractivity contribution < 1.29 is 18.5 Å². The summed E-state index contributed by atoms with van der Waals surface area (Å²) < 4.78 is 19.0. The third kappa shape index (κ3) is 4.72. The van der Waals surface area contributed by atoms with Crippen molar-refractivity contribution in [3.63, 3.8) is 0 Å². The molecule has 0 aliphatic carbocycles. The van der Waals surface area contributed by atoms with Crippen molar-refractivity contribution in [2.75, 3.05) is 16.0 Å². The van der Waals surface area contributed by atoms with Crippen molar-refractivity contribution in [2.24, 2.45) is 4.99 Å². The van der Waals surface area contributed by atoms with Crippen molar-refractivity contribution in [2.45, 2.75) is 6.92 Å². The third-order valence-electron chi connectivity index (χ3n) is 4.27. The summed E-state index contributed by atoms with van der Waals surface area (Å²) in [6, 6.07) is 16.7. The van der Waals surface area contributed by atoms with Gasteiger partial charge in [-0.25, -0.2) is 9.38 Å². The second kappa shape index (κ2) is 8.97. The highest BCUT2D eigenvalue weighted by Gasteiger charge is 2.32. The fourth-order valence-corrected chi connectivity index (χ4v) is 3.68. The third-order valence-corrected chi connectivity index (χ3v) is 5.21. The molecule has 3 aromatic rings. The van der Waals surface area contributed by atoms with Gasteiger partial charge in [0.05, 0.1) is 11.4 Å². The van der Waals surface area contributed by atoms with Crippen LogP contribution < -0.4 is 10.2 Å². The first kappa shape index (κ1) is 20.5. The van der Waals surface area contributed by atoms with Gasteiger partial charge in [-0.2, -0.15) is 0 Å². The molecule has 1 N–H and O–H groups in total. The highest BCUT2D eigenvalue weighted by molar-refractivity contribution is 8.14. The average molecular weight is 436 g/mol. The maximum absolute atomic E-state index is 14.1. The van der Waals surface area contributed by atoms with E-state index in [0.29, 0.717) is 22.4 Å². The molecule has 7 nitrogen and oxygen atoms in total. The summed E-state index contributed by atoms with van der Waals surface area (Å²) in [6.07, 6.45) is 1.40. The van der Waals surface area contributed by atoms with Crippen LogP contribution in [0, 0.1) is 12.7 Å². The number of amidine groups is 1. The van der Waals surface area contributed by atoms with Crippen molar-refractivity contribution in [1.29, 1.82) is 0 Å². The predicted molar refractivity (Wildman–Crippen MR) is 118 cm³/mol. The van der Waals surface area contributed by atoms with E-state index in [1.165, 1.54) is 17.0 Å². The van der Waals surface area contributed by atoms with Gasteiger partial charge in [-0.15, -0.1) is 0 Å². The molecule has 156 valence electrons. The molecule has 0 spiro atoms. The quantitative estimate of drug-likeness (QED) is 0.605. The topological polar surface area (TPSA) is 87.8 Å². The molecule has 2 amide bonds. The van der Waals surface area contributed by atoms with Crippen molar-refractivity contribution >= 4 is 46.3 Å². The van der Waals surface area contributed by atoms with Gasteiger partial charge in [-0.1, -0.05) is 53.3 Å². The van der Waals surface area contributed by atoms with Gasteiger partial charge in [0.1, 0.15) is 17.3 Å². The first-order chi connectivity index (χ1) is 15.0. The summed E-state index contributed by atoms with van der Waals surface area (Å²) >= 11 is 1.09. The van der Waals surface area contributed by atoms with E-state index in [1.54, 1.807) is 55.5 Å². The number of hydrogen-bond donors (Lipinski definition) is 1. The zero-order valence-electron chi connectivity index (χ0n) is 16.4. The van der Waals surface area contributed by atoms with Crippen LogP contribution in [0.1, 0.15) is 11.3 Å². The molecule has 2 heterocycles. The summed E-state index contributed by atoms with van der Waals surface area (Å²) in [4.78, 5) is 31.1. The van der Waals surface area contributed by atoms with Crippen LogP contribution in [0.3, 0.4) is 0 Å². The van der Waals surface area contributed by atoms with Gasteiger partial charge in [0.2, 0.25) is 5.91 Å². The summed E-state index contributed by atoms with van der Waals surface area (Å²) in [5.74, 6) is -0.293. The van der Waals surface area contributed by atoms with Gasteiger partial charge in [-0.05, 0) is 31.2 Å². The minimum Gasteiger partial charge on any atom is -0.360 e. The van der Waals surface area contributed by atoms with Crippen LogP contribution in [0.25, 0.3) is 6.08 Å². The molecule has 1 aliphatic heterocycles. The summed E-state index contributed by atoms with van der Waals surface area (Å²) in [5.41, 5.74) is 0.945. The van der Waals surface area contributed by atoms with Crippen LogP contribution in [0.15, 0.2) is 75.9 Å². The Balaban J connectivity index is 1.57. The number of thioether (sulfide) groups is 1. The number of halogens is 1. The minimum atomic E-state index is -0.451. The maximum Gasteiger partial charge on any atom is 0.283 e. The van der Waals surface area contributed by atoms with Crippen molar-refractivity contribution in [3.8, 4) is 0 Å². The number of aliphatic imine (C=N–C) groups is 1. The molecule has 0 unspecified atom stereocenters. The Bertz CT molecular complexity index is 1190. The Morgan fingerprint density at radius 2 is 1.94 bits per heavy atom. The van der Waals surface area contributed by atoms with Crippen LogP contribution in [0.4, 0.5) is 15.9 Å². The molecule has 0 atom stereocenters. The van der Waals surface area contributed by atoms with Crippen molar-refractivity contribution in [3.05, 3.63) is 83.5 Å². The Labute approximate surface area is 181 Å². The summed E-state index contributed by atoms with van der Waals surface area (Å²) in [7, 11) is 0. The monoisotopic (exact) mass is 436 g/mol. The zero-order chi connectivity index (χ0) is 21.8. The van der Waals surface area contributed by atoms with E-state index in [1.807, 2.05) is 6.07 Å². The Hall–Kier alpha value is -3.72. The number of aryl methyl sites for hydroxylation is 1. The molecule has 9 heteroatoms. The van der Waals surface area contributed by atoms with E-state index in [2.05, 4.69) is 15.5 Å². The molecule has 0 radical (unpaired) electrons. The van der Waals surface area contributed by atoms with Crippen LogP contribution in [-0.4, -0.2) is 27.9 Å². The summed E-state index contributed by atoms with van der Waals surface area (Å²) in [6.45, 7) is 1.72. The molecule has 4 rings (SSSR count). The number of nitrogens with zero attached hydrogens (tertiary/aromatic N) is 3. The van der Waals surface area contributed by atoms with E-state index >= 15 is 0 Å². The Morgan fingerprint density at radius 1 is 1.19 bits per heavy atom. The second-order valence-corrected chi connectivity index (χ2v) is 7.52. The number of amides is 2. The lowest BCUT2D eigenvalue weighted by Crippen LogP contribution is -2.31. The lowest BCUT2D eigenvalue weighted by Gasteiger charge is -2.17. The number of rotatable bonds is 5. The standard InChI is InChI=1S/C22H17FN4O3S/c1-14-11-19(26-30-14)25-20(28)13-31-22-24-18(12-15-7-5-6-10-17(15)23)21(29)27(22)16-8-3-2-4-9-16/h2-12H,13H2,1H3,(H,25,26,28)/b18-12-. The average Bonchev–Trinajstić information content (AvgIpc) is 3.31. The summed E-state index contributed by atoms with van der Waals surface area (Å²) in [5, 5.41) is 6.67. The number of anilines is 2. The van der Waals surface area contributed by atoms with E-state index in [9.17, 15) is 14.0 Å². The fraction of sp³-hybridized carbons (Fsp3) is 0.0909. The smallest absolute Gasteiger partial charge is 0.283 e. The molecule has 31 heavy (non-hydrogen) atoms. The zero-order valence-corrected chi connectivity index (χ0v) is 17.2. The molecule has 0 fully saturated rings. The second-order valence-electron chi connectivity index (χ2n) is 6.58. The molecule has 0 saturated carbocycles. The van der Waals surface area contributed by atoms with Gasteiger partial charge in [0.15, 0.2) is 11.0 Å². The van der Waals surface area contributed by atoms with Gasteiger partial charge in [0, 0.05) is 11.6 Å². The van der Waals surface area contributed by atoms with Gasteiger partial charge >= 0.3 is 0 Å². The van der Waals surface area contributed by atoms with Crippen molar-refractivity contribution in [1.82, 2.24) is 5.16 Å². The first-order valence-corrected chi connectivity index (χ1v) is 10.3. The van der Waals surface area contributed by atoms with Gasteiger partial charge in [-0.3, -0.25) is 14.5 Å². The van der Waals surface area contributed by atoms with Crippen LogP contribution in [-0.2, 0) is 9.59 Å². The molecule has 2 aromatic carbocycles. The largest absolute Gasteiger partial charge is 0.360 e. The first-order valence-electron chi connectivity index (χ1n) is 9.31. The number of nitrogens with one attached hydrogen (secondary N) is 1. The van der Waals surface area contributed by atoms with E-state index < -0.39 is 11.7 Å². The number of carbonyl (C=O) groups is 2. The molecule has 0 saturated heterocycles. The van der Waals surface area contributed by atoms with Gasteiger partial charge in [0.25, 0.3) is 5.91 Å². The SMILES string of the molecule is Cc1cc(NC(=O)CSC2=N/C(=C\c3ccccc3F)C(=O)N2c2ccccc2)no1. The highest BCUT2D eigenvalue weighted by atomic mass is 32.2.